The lowest BCUT2D eigenvalue weighted by molar-refractivity contribution is -0.138. The van der Waals surface area contributed by atoms with Crippen molar-refractivity contribution in [3.63, 3.8) is 0 Å². The predicted molar refractivity (Wildman–Crippen MR) is 112 cm³/mol. The normalized spacial score (nSPS) is 11.0. The Bertz CT molecular complexity index is 642. The maximum Gasteiger partial charge on any atom is 0.411 e. The minimum Gasteiger partial charge on any atom is -0.481 e. The van der Waals surface area contributed by atoms with E-state index in [1.807, 2.05) is 30.3 Å². The number of carboxylic acid groups (broad SMARTS) is 1. The smallest absolute Gasteiger partial charge is 0.411 e. The van der Waals surface area contributed by atoms with E-state index in [2.05, 4.69) is 17.9 Å². The summed E-state index contributed by atoms with van der Waals surface area (Å²) in [5, 5.41) is 11.6. The Morgan fingerprint density at radius 3 is 2.07 bits per heavy atom. The first-order chi connectivity index (χ1) is 12.9. The van der Waals surface area contributed by atoms with Crippen LogP contribution in [0.25, 0.3) is 0 Å². The van der Waals surface area contributed by atoms with Gasteiger partial charge >= 0.3 is 12.1 Å². The molecule has 0 saturated heterocycles. The van der Waals surface area contributed by atoms with Gasteiger partial charge in [-0.15, -0.1) is 0 Å². The van der Waals surface area contributed by atoms with Gasteiger partial charge in [-0.2, -0.15) is 12.6 Å². The van der Waals surface area contributed by atoms with Gasteiger partial charge in [-0.1, -0.05) is 30.3 Å². The van der Waals surface area contributed by atoms with E-state index in [9.17, 15) is 14.4 Å². The molecule has 2 amide bonds. The first-order valence-electron chi connectivity index (χ1n) is 8.87. The first-order valence-corrected chi connectivity index (χ1v) is 9.77. The van der Waals surface area contributed by atoms with Crippen LogP contribution in [0.1, 0.15) is 46.6 Å². The van der Waals surface area contributed by atoms with E-state index < -0.39 is 29.1 Å². The number of carboxylic acids is 1. The Hall–Kier alpha value is -2.22. The van der Waals surface area contributed by atoms with Gasteiger partial charge in [0.05, 0.1) is 6.42 Å². The van der Waals surface area contributed by atoms with Crippen LogP contribution in [0.4, 0.5) is 4.79 Å². The number of carbonyl (C=O) groups excluding carboxylic acids is 2. The molecule has 0 saturated carbocycles. The Balaban J connectivity index is 0.00000352. The summed E-state index contributed by atoms with van der Waals surface area (Å²) in [7, 11) is 0. The van der Waals surface area contributed by atoms with Crippen LogP contribution in [-0.2, 0) is 20.9 Å². The molecule has 0 unspecified atom stereocenters. The van der Waals surface area contributed by atoms with Crippen molar-refractivity contribution < 1.29 is 24.2 Å². The number of carbonyl (C=O) groups is 3. The fourth-order valence-electron chi connectivity index (χ4n) is 2.33. The van der Waals surface area contributed by atoms with Crippen molar-refractivity contribution in [1.82, 2.24) is 10.2 Å². The summed E-state index contributed by atoms with van der Waals surface area (Å²) in [4.78, 5) is 37.0. The molecule has 7 nitrogen and oxygen atoms in total. The summed E-state index contributed by atoms with van der Waals surface area (Å²) in [5.74, 6) is -1.46. The van der Waals surface area contributed by atoms with E-state index in [0.717, 1.165) is 5.56 Å². The molecule has 0 aliphatic rings. The van der Waals surface area contributed by atoms with Gasteiger partial charge in [0.25, 0.3) is 0 Å². The van der Waals surface area contributed by atoms with E-state index in [1.54, 1.807) is 40.9 Å². The lowest BCUT2D eigenvalue weighted by Gasteiger charge is -2.29. The molecule has 8 heteroatoms. The topological polar surface area (TPSA) is 95.9 Å². The largest absolute Gasteiger partial charge is 0.481 e. The van der Waals surface area contributed by atoms with E-state index in [0.29, 0.717) is 0 Å². The third-order valence-corrected chi connectivity index (χ3v) is 3.27. The van der Waals surface area contributed by atoms with E-state index in [4.69, 9.17) is 9.84 Å². The number of hydrogen-bond donors (Lipinski definition) is 3. The number of nitrogens with zero attached hydrogens (tertiary/aromatic N) is 1. The standard InChI is InChI=1S/C19H28N2O5.CH4S/c1-18(2,3)26-17(25)21(12-14-9-7-6-8-10-14)13-15(22)20-19(4,5)11-16(23)24;1-2/h6-10H,11-13H2,1-5H3,(H,20,22)(H,23,24);2H,1H3. The molecule has 0 fully saturated rings. The average molecular weight is 413 g/mol. The number of aliphatic carboxylic acids is 1. The van der Waals surface area contributed by atoms with Crippen molar-refractivity contribution in [2.75, 3.05) is 12.8 Å². The van der Waals surface area contributed by atoms with Crippen LogP contribution < -0.4 is 5.32 Å². The molecule has 0 aromatic heterocycles. The molecule has 0 spiro atoms. The van der Waals surface area contributed by atoms with Crippen molar-refractivity contribution in [3.8, 4) is 0 Å². The number of rotatable bonds is 7. The zero-order valence-electron chi connectivity index (χ0n) is 17.5. The van der Waals surface area contributed by atoms with Crippen molar-refractivity contribution in [3.05, 3.63) is 35.9 Å². The molecule has 28 heavy (non-hydrogen) atoms. The highest BCUT2D eigenvalue weighted by molar-refractivity contribution is 7.79. The van der Waals surface area contributed by atoms with Crippen LogP contribution in [0.2, 0.25) is 0 Å². The highest BCUT2D eigenvalue weighted by atomic mass is 32.1. The van der Waals surface area contributed by atoms with E-state index in [-0.39, 0.29) is 19.5 Å². The number of ether oxygens (including phenoxy) is 1. The van der Waals surface area contributed by atoms with Crippen LogP contribution in [0.3, 0.4) is 0 Å². The van der Waals surface area contributed by atoms with Crippen LogP contribution >= 0.6 is 12.6 Å². The molecule has 0 heterocycles. The highest BCUT2D eigenvalue weighted by Gasteiger charge is 2.28. The maximum absolute atomic E-state index is 12.5. The maximum atomic E-state index is 12.5. The number of hydrogen-bond acceptors (Lipinski definition) is 5. The summed E-state index contributed by atoms with van der Waals surface area (Å²) < 4.78 is 5.38. The minimum atomic E-state index is -1.01. The lowest BCUT2D eigenvalue weighted by atomic mass is 10.0. The van der Waals surface area contributed by atoms with Gasteiger partial charge in [0, 0.05) is 12.1 Å². The first kappa shape index (κ1) is 25.8. The summed E-state index contributed by atoms with van der Waals surface area (Å²) >= 11 is 3.53. The monoisotopic (exact) mass is 412 g/mol. The third-order valence-electron chi connectivity index (χ3n) is 3.27. The predicted octanol–water partition coefficient (Wildman–Crippen LogP) is 3.34. The zero-order valence-corrected chi connectivity index (χ0v) is 18.4. The zero-order chi connectivity index (χ0) is 22.0. The fourth-order valence-corrected chi connectivity index (χ4v) is 2.33. The quantitative estimate of drug-likeness (QED) is 0.597. The SMILES string of the molecule is CC(C)(CC(=O)O)NC(=O)CN(Cc1ccccc1)C(=O)OC(C)(C)C.CS. The van der Waals surface area contributed by atoms with Crippen LogP contribution in [0.15, 0.2) is 30.3 Å². The van der Waals surface area contributed by atoms with Crippen LogP contribution in [0.5, 0.6) is 0 Å². The molecule has 1 aromatic rings. The molecular formula is C20H32N2O5S. The molecule has 2 N–H and O–H groups in total. The molecule has 0 aliphatic carbocycles. The molecule has 1 aromatic carbocycles. The van der Waals surface area contributed by atoms with Gasteiger partial charge < -0.3 is 15.2 Å². The van der Waals surface area contributed by atoms with Gasteiger partial charge in [-0.25, -0.2) is 4.79 Å². The van der Waals surface area contributed by atoms with Crippen molar-refractivity contribution >= 4 is 30.6 Å². The number of amides is 2. The molecule has 158 valence electrons. The van der Waals surface area contributed by atoms with Gasteiger partial charge in [0.15, 0.2) is 0 Å². The number of thiol groups is 1. The second-order valence-electron chi connectivity index (χ2n) is 7.82. The average Bonchev–Trinajstić information content (AvgIpc) is 2.53. The van der Waals surface area contributed by atoms with E-state index >= 15 is 0 Å². The third kappa shape index (κ3) is 11.5. The summed E-state index contributed by atoms with van der Waals surface area (Å²) in [6.07, 6.45) is 0.872. The summed E-state index contributed by atoms with van der Waals surface area (Å²) in [6, 6.07) is 9.26. The highest BCUT2D eigenvalue weighted by Crippen LogP contribution is 2.13. The molecule has 0 bridgehead atoms. The van der Waals surface area contributed by atoms with Crippen LogP contribution in [-0.4, -0.2) is 51.9 Å². The fraction of sp³-hybridized carbons (Fsp3) is 0.550. The molecule has 0 radical (unpaired) electrons. The molecular weight excluding hydrogens is 380 g/mol. The molecule has 0 atom stereocenters. The van der Waals surface area contributed by atoms with Gasteiger partial charge in [-0.05, 0) is 46.4 Å². The molecule has 0 aliphatic heterocycles. The van der Waals surface area contributed by atoms with Crippen molar-refractivity contribution in [2.45, 2.75) is 58.7 Å². The Morgan fingerprint density at radius 2 is 1.61 bits per heavy atom. The second-order valence-corrected chi connectivity index (χ2v) is 7.82. The summed E-state index contributed by atoms with van der Waals surface area (Å²) in [5.41, 5.74) is -0.753. The van der Waals surface area contributed by atoms with Gasteiger partial charge in [0.2, 0.25) is 5.91 Å². The van der Waals surface area contributed by atoms with Gasteiger partial charge in [0.1, 0.15) is 12.1 Å². The Labute approximate surface area is 172 Å². The lowest BCUT2D eigenvalue weighted by Crippen LogP contribution is -2.50. The summed E-state index contributed by atoms with van der Waals surface area (Å²) in [6.45, 7) is 8.47. The van der Waals surface area contributed by atoms with Crippen LogP contribution in [0, 0.1) is 0 Å². The van der Waals surface area contributed by atoms with Crippen molar-refractivity contribution in [1.29, 1.82) is 0 Å². The Kier molecular flexibility index (Phi) is 10.7. The Morgan fingerprint density at radius 1 is 1.07 bits per heavy atom. The minimum absolute atomic E-state index is 0.211. The second kappa shape index (κ2) is 11.6. The van der Waals surface area contributed by atoms with E-state index in [1.165, 1.54) is 4.90 Å². The number of benzene rings is 1. The number of nitrogens with one attached hydrogen (secondary N) is 1. The molecule has 1 rings (SSSR count). The van der Waals surface area contributed by atoms with Crippen molar-refractivity contribution in [2.24, 2.45) is 0 Å². The van der Waals surface area contributed by atoms with Gasteiger partial charge in [-0.3, -0.25) is 14.5 Å².